The molecular formula is C30H28N6O2. The van der Waals surface area contributed by atoms with E-state index in [4.69, 9.17) is 0 Å². The Morgan fingerprint density at radius 2 is 1.82 bits per heavy atom. The predicted octanol–water partition coefficient (Wildman–Crippen LogP) is 5.83. The maximum atomic E-state index is 13.4. The van der Waals surface area contributed by atoms with Gasteiger partial charge in [-0.2, -0.15) is 10.2 Å². The molecule has 5 rings (SSSR count). The lowest BCUT2D eigenvalue weighted by Crippen LogP contribution is -2.18. The molecule has 0 saturated heterocycles. The molecule has 2 N–H and O–H groups in total. The number of carbonyl (C=O) groups excluding carboxylic acids is 2. The van der Waals surface area contributed by atoms with Gasteiger partial charge in [-0.05, 0) is 74.4 Å². The number of aryl methyl sites for hydroxylation is 3. The SMILES string of the molecule is CCCn1nc(C)cc1C(=O)Nc1cc(C(=O)c2ccc3c(C=Cc4ccccn4)n[nH]c3c2)ccc1C. The van der Waals surface area contributed by atoms with E-state index in [9.17, 15) is 9.59 Å². The van der Waals surface area contributed by atoms with Gasteiger partial charge >= 0.3 is 0 Å². The smallest absolute Gasteiger partial charge is 0.273 e. The molecule has 0 saturated carbocycles. The monoisotopic (exact) mass is 504 g/mol. The van der Waals surface area contributed by atoms with Gasteiger partial charge in [0, 0.05) is 34.9 Å². The van der Waals surface area contributed by atoms with Crippen molar-refractivity contribution in [3.8, 4) is 0 Å². The molecular weight excluding hydrogens is 476 g/mol. The van der Waals surface area contributed by atoms with Crippen LogP contribution in [0.3, 0.4) is 0 Å². The van der Waals surface area contributed by atoms with Crippen molar-refractivity contribution in [2.24, 2.45) is 0 Å². The first-order chi connectivity index (χ1) is 18.4. The first-order valence-electron chi connectivity index (χ1n) is 12.5. The van der Waals surface area contributed by atoms with E-state index in [0.29, 0.717) is 29.1 Å². The number of anilines is 1. The standard InChI is InChI=1S/C30H28N6O2/c1-4-15-36-28(16-20(3)35-36)30(38)32-26-17-21(9-8-19(26)2)29(37)22-10-12-24-25(33-34-27(24)18-22)13-11-23-7-5-6-14-31-23/h5-14,16-18H,4,15H2,1-3H3,(H,32,38)(H,33,34). The summed E-state index contributed by atoms with van der Waals surface area (Å²) in [6, 6.07) is 18.3. The van der Waals surface area contributed by atoms with E-state index in [1.165, 1.54) is 0 Å². The molecule has 0 aliphatic carbocycles. The largest absolute Gasteiger partial charge is 0.320 e. The van der Waals surface area contributed by atoms with E-state index >= 15 is 0 Å². The Hall–Kier alpha value is -4.85. The van der Waals surface area contributed by atoms with Crippen molar-refractivity contribution in [1.82, 2.24) is 25.0 Å². The fourth-order valence-corrected chi connectivity index (χ4v) is 4.31. The molecule has 1 amide bonds. The number of rotatable bonds is 8. The van der Waals surface area contributed by atoms with E-state index < -0.39 is 0 Å². The van der Waals surface area contributed by atoms with Gasteiger partial charge in [-0.1, -0.05) is 31.2 Å². The van der Waals surface area contributed by atoms with Gasteiger partial charge in [-0.15, -0.1) is 0 Å². The molecule has 38 heavy (non-hydrogen) atoms. The van der Waals surface area contributed by atoms with Crippen molar-refractivity contribution in [2.45, 2.75) is 33.7 Å². The third kappa shape index (κ3) is 5.15. The lowest BCUT2D eigenvalue weighted by atomic mass is 9.99. The van der Waals surface area contributed by atoms with Crippen LogP contribution in [0.1, 0.15) is 62.4 Å². The molecule has 0 spiro atoms. The Balaban J connectivity index is 1.37. The lowest BCUT2D eigenvalue weighted by Gasteiger charge is -2.11. The summed E-state index contributed by atoms with van der Waals surface area (Å²) in [5.41, 5.74) is 6.11. The summed E-state index contributed by atoms with van der Waals surface area (Å²) in [5.74, 6) is -0.397. The van der Waals surface area contributed by atoms with Gasteiger partial charge in [-0.25, -0.2) is 0 Å². The summed E-state index contributed by atoms with van der Waals surface area (Å²) in [4.78, 5) is 30.7. The minimum atomic E-state index is -0.253. The molecule has 0 aliphatic rings. The van der Waals surface area contributed by atoms with E-state index in [-0.39, 0.29) is 11.7 Å². The Morgan fingerprint density at radius 3 is 2.61 bits per heavy atom. The molecule has 3 aromatic heterocycles. The average molecular weight is 505 g/mol. The third-order valence-corrected chi connectivity index (χ3v) is 6.27. The summed E-state index contributed by atoms with van der Waals surface area (Å²) >= 11 is 0. The quantitative estimate of drug-likeness (QED) is 0.259. The van der Waals surface area contributed by atoms with Gasteiger partial charge in [0.25, 0.3) is 5.91 Å². The normalized spacial score (nSPS) is 11.3. The van der Waals surface area contributed by atoms with Gasteiger partial charge in [0.1, 0.15) is 5.69 Å². The van der Waals surface area contributed by atoms with Crippen LogP contribution in [-0.2, 0) is 6.54 Å². The van der Waals surface area contributed by atoms with Gasteiger partial charge < -0.3 is 5.32 Å². The number of carbonyl (C=O) groups is 2. The van der Waals surface area contributed by atoms with Crippen LogP contribution in [0.2, 0.25) is 0 Å². The highest BCUT2D eigenvalue weighted by Crippen LogP contribution is 2.24. The van der Waals surface area contributed by atoms with Crippen LogP contribution in [0.4, 0.5) is 5.69 Å². The second-order valence-corrected chi connectivity index (χ2v) is 9.16. The van der Waals surface area contributed by atoms with Crippen LogP contribution in [0.5, 0.6) is 0 Å². The maximum Gasteiger partial charge on any atom is 0.273 e. The molecule has 0 fully saturated rings. The van der Waals surface area contributed by atoms with Crippen LogP contribution in [0, 0.1) is 13.8 Å². The van der Waals surface area contributed by atoms with Crippen molar-refractivity contribution in [3.63, 3.8) is 0 Å². The van der Waals surface area contributed by atoms with Crippen LogP contribution < -0.4 is 5.32 Å². The molecule has 8 nitrogen and oxygen atoms in total. The number of hydrogen-bond acceptors (Lipinski definition) is 5. The van der Waals surface area contributed by atoms with Gasteiger partial charge in [0.2, 0.25) is 0 Å². The van der Waals surface area contributed by atoms with Crippen molar-refractivity contribution < 1.29 is 9.59 Å². The number of amides is 1. The summed E-state index contributed by atoms with van der Waals surface area (Å²) in [6.07, 6.45) is 6.40. The number of benzene rings is 2. The van der Waals surface area contributed by atoms with Crippen molar-refractivity contribution in [1.29, 1.82) is 0 Å². The van der Waals surface area contributed by atoms with Gasteiger partial charge in [0.15, 0.2) is 5.78 Å². The zero-order valence-electron chi connectivity index (χ0n) is 21.5. The summed E-state index contributed by atoms with van der Waals surface area (Å²) in [6.45, 7) is 6.46. The lowest BCUT2D eigenvalue weighted by molar-refractivity contribution is 0.101. The Bertz CT molecular complexity index is 1660. The van der Waals surface area contributed by atoms with Crippen molar-refractivity contribution in [3.05, 3.63) is 106 Å². The van der Waals surface area contributed by atoms with Crippen molar-refractivity contribution >= 4 is 40.4 Å². The first-order valence-corrected chi connectivity index (χ1v) is 12.5. The van der Waals surface area contributed by atoms with E-state index in [1.54, 1.807) is 41.2 Å². The second-order valence-electron chi connectivity index (χ2n) is 9.16. The van der Waals surface area contributed by atoms with Crippen LogP contribution in [0.15, 0.2) is 66.9 Å². The Morgan fingerprint density at radius 1 is 1.00 bits per heavy atom. The Kier molecular flexibility index (Phi) is 6.95. The number of aromatic amines is 1. The topological polar surface area (TPSA) is 106 Å². The van der Waals surface area contributed by atoms with E-state index in [2.05, 4.69) is 25.6 Å². The Labute approximate surface area is 220 Å². The van der Waals surface area contributed by atoms with Crippen LogP contribution in [0.25, 0.3) is 23.1 Å². The fourth-order valence-electron chi connectivity index (χ4n) is 4.31. The van der Waals surface area contributed by atoms with Gasteiger partial charge in [0.05, 0.1) is 22.6 Å². The average Bonchev–Trinajstić information content (AvgIpc) is 3.51. The molecule has 2 aromatic carbocycles. The molecule has 0 aliphatic heterocycles. The molecule has 5 aromatic rings. The zero-order chi connectivity index (χ0) is 26.6. The first kappa shape index (κ1) is 24.8. The fraction of sp³-hybridized carbons (Fsp3) is 0.167. The molecule has 8 heteroatoms. The maximum absolute atomic E-state index is 13.4. The summed E-state index contributed by atoms with van der Waals surface area (Å²) in [7, 11) is 0. The number of nitrogens with one attached hydrogen (secondary N) is 2. The summed E-state index contributed by atoms with van der Waals surface area (Å²) in [5, 5.41) is 15.7. The molecule has 190 valence electrons. The molecule has 0 radical (unpaired) electrons. The second kappa shape index (κ2) is 10.6. The number of aromatic nitrogens is 5. The highest BCUT2D eigenvalue weighted by molar-refractivity contribution is 6.12. The van der Waals surface area contributed by atoms with E-state index in [1.807, 2.05) is 63.3 Å². The summed E-state index contributed by atoms with van der Waals surface area (Å²) < 4.78 is 1.72. The molecule has 0 unspecified atom stereocenters. The van der Waals surface area contributed by atoms with Crippen molar-refractivity contribution in [2.75, 3.05) is 5.32 Å². The highest BCUT2D eigenvalue weighted by atomic mass is 16.2. The number of fused-ring (bicyclic) bond motifs is 1. The number of H-pyrrole nitrogens is 1. The number of hydrogen-bond donors (Lipinski definition) is 2. The molecule has 0 bridgehead atoms. The van der Waals surface area contributed by atoms with E-state index in [0.717, 1.165) is 40.0 Å². The minimum Gasteiger partial charge on any atom is -0.320 e. The highest BCUT2D eigenvalue weighted by Gasteiger charge is 2.17. The number of pyridine rings is 1. The zero-order valence-corrected chi connectivity index (χ0v) is 21.5. The third-order valence-electron chi connectivity index (χ3n) is 6.27. The predicted molar refractivity (Wildman–Crippen MR) is 149 cm³/mol. The molecule has 3 heterocycles. The molecule has 0 atom stereocenters. The number of nitrogens with zero attached hydrogens (tertiary/aromatic N) is 4. The minimum absolute atomic E-state index is 0.144. The van der Waals surface area contributed by atoms with Crippen LogP contribution in [-0.4, -0.2) is 36.7 Å². The number of ketones is 1. The van der Waals surface area contributed by atoms with Crippen LogP contribution >= 0.6 is 0 Å². The van der Waals surface area contributed by atoms with Gasteiger partial charge in [-0.3, -0.25) is 24.4 Å².